The van der Waals surface area contributed by atoms with Gasteiger partial charge in [-0.05, 0) is 25.7 Å². The number of nitrogens with zero attached hydrogens (tertiary/aromatic N) is 2. The number of rotatable bonds is 3. The van der Waals surface area contributed by atoms with Crippen LogP contribution in [-0.2, 0) is 16.7 Å². The predicted molar refractivity (Wildman–Crippen MR) is 73.2 cm³/mol. The second-order valence-corrected chi connectivity index (χ2v) is 5.57. The lowest BCUT2D eigenvalue weighted by atomic mass is 9.82. The Morgan fingerprint density at radius 1 is 1.21 bits per heavy atom. The third kappa shape index (κ3) is 3.27. The van der Waals surface area contributed by atoms with Crippen molar-refractivity contribution in [3.63, 3.8) is 0 Å². The molecule has 1 aromatic rings. The molecule has 3 rings (SSSR count). The molecule has 1 aromatic heterocycles. The van der Waals surface area contributed by atoms with Gasteiger partial charge in [0, 0.05) is 13.0 Å². The molecule has 6 heteroatoms. The maximum absolute atomic E-state index is 6.37. The molecule has 0 amide bonds. The van der Waals surface area contributed by atoms with Crippen LogP contribution in [0.15, 0.2) is 4.52 Å². The smallest absolute Gasteiger partial charge is 0.246 e. The molecule has 1 aliphatic carbocycles. The summed E-state index contributed by atoms with van der Waals surface area (Å²) in [6, 6.07) is 0. The minimum Gasteiger partial charge on any atom is -0.378 e. The molecular weight excluding hydrogens is 266 g/mol. The third-order valence-electron chi connectivity index (χ3n) is 4.07. The van der Waals surface area contributed by atoms with Crippen LogP contribution in [0.5, 0.6) is 0 Å². The van der Waals surface area contributed by atoms with E-state index in [4.69, 9.17) is 15.0 Å². The van der Waals surface area contributed by atoms with Gasteiger partial charge in [0.25, 0.3) is 0 Å². The van der Waals surface area contributed by atoms with Crippen LogP contribution in [0.4, 0.5) is 0 Å². The Kier molecular flexibility index (Phi) is 4.81. The molecule has 2 heterocycles. The lowest BCUT2D eigenvalue weighted by Crippen LogP contribution is -2.39. The zero-order valence-corrected chi connectivity index (χ0v) is 12.0. The molecule has 108 valence electrons. The van der Waals surface area contributed by atoms with E-state index in [-0.39, 0.29) is 24.0 Å². The molecule has 1 aliphatic heterocycles. The Bertz CT molecular complexity index is 398. The van der Waals surface area contributed by atoms with Crippen LogP contribution in [0, 0.1) is 0 Å². The number of halogens is 1. The molecule has 1 atom stereocenters. The van der Waals surface area contributed by atoms with Gasteiger partial charge in [0.15, 0.2) is 5.82 Å². The van der Waals surface area contributed by atoms with Crippen LogP contribution >= 0.6 is 12.4 Å². The molecular formula is C13H22ClN3O2. The van der Waals surface area contributed by atoms with Gasteiger partial charge in [0.05, 0.1) is 11.6 Å². The molecule has 0 aromatic carbocycles. The minimum absolute atomic E-state index is 0. The summed E-state index contributed by atoms with van der Waals surface area (Å²) >= 11 is 0. The summed E-state index contributed by atoms with van der Waals surface area (Å²) in [6.07, 6.45) is 8.71. The number of aromatic nitrogens is 2. The fourth-order valence-corrected chi connectivity index (χ4v) is 2.94. The molecule has 2 N–H and O–H groups in total. The summed E-state index contributed by atoms with van der Waals surface area (Å²) in [5.41, 5.74) is 5.99. The summed E-state index contributed by atoms with van der Waals surface area (Å²) in [4.78, 5) is 4.49. The monoisotopic (exact) mass is 287 g/mol. The number of hydrogen-bond donors (Lipinski definition) is 1. The zero-order valence-electron chi connectivity index (χ0n) is 11.1. The summed E-state index contributed by atoms with van der Waals surface area (Å²) in [7, 11) is 0. The van der Waals surface area contributed by atoms with Gasteiger partial charge in [-0.2, -0.15) is 4.98 Å². The second kappa shape index (κ2) is 6.20. The first-order valence-electron chi connectivity index (χ1n) is 7.00. The van der Waals surface area contributed by atoms with Crippen molar-refractivity contribution in [3.05, 3.63) is 11.7 Å². The van der Waals surface area contributed by atoms with Crippen molar-refractivity contribution in [1.29, 1.82) is 0 Å². The van der Waals surface area contributed by atoms with Crippen LogP contribution in [-0.4, -0.2) is 22.9 Å². The fourth-order valence-electron chi connectivity index (χ4n) is 2.94. The standard InChI is InChI=1S/C13H21N3O2.ClH/c14-13(6-2-1-3-7-13)12-15-11(16-18-12)9-10-5-4-8-17-10;/h10H,1-9,14H2;1H. The molecule has 1 saturated carbocycles. The van der Waals surface area contributed by atoms with Gasteiger partial charge in [-0.25, -0.2) is 0 Å². The molecule has 0 bridgehead atoms. The summed E-state index contributed by atoms with van der Waals surface area (Å²) < 4.78 is 11.0. The minimum atomic E-state index is -0.389. The Morgan fingerprint density at radius 2 is 2.00 bits per heavy atom. The number of nitrogens with two attached hydrogens (primary N) is 1. The molecule has 1 unspecified atom stereocenters. The Hall–Kier alpha value is -0.650. The summed E-state index contributed by atoms with van der Waals surface area (Å²) in [5.74, 6) is 1.36. The van der Waals surface area contributed by atoms with Crippen LogP contribution < -0.4 is 5.73 Å². The quantitative estimate of drug-likeness (QED) is 0.923. The van der Waals surface area contributed by atoms with Crippen LogP contribution in [0.25, 0.3) is 0 Å². The topological polar surface area (TPSA) is 74.2 Å². The van der Waals surface area contributed by atoms with Gasteiger partial charge in [-0.1, -0.05) is 24.4 Å². The lowest BCUT2D eigenvalue weighted by Gasteiger charge is -2.29. The maximum atomic E-state index is 6.37. The van der Waals surface area contributed by atoms with E-state index in [1.807, 2.05) is 0 Å². The van der Waals surface area contributed by atoms with E-state index < -0.39 is 0 Å². The van der Waals surface area contributed by atoms with Crippen molar-refractivity contribution in [2.24, 2.45) is 5.73 Å². The lowest BCUT2D eigenvalue weighted by molar-refractivity contribution is 0.109. The number of hydrogen-bond acceptors (Lipinski definition) is 5. The predicted octanol–water partition coefficient (Wildman–Crippen LogP) is 2.33. The summed E-state index contributed by atoms with van der Waals surface area (Å²) in [6.45, 7) is 0.857. The van der Waals surface area contributed by atoms with Gasteiger partial charge < -0.3 is 15.0 Å². The highest BCUT2D eigenvalue weighted by molar-refractivity contribution is 5.85. The van der Waals surface area contributed by atoms with E-state index in [0.717, 1.165) is 57.4 Å². The average molecular weight is 288 g/mol. The molecule has 19 heavy (non-hydrogen) atoms. The van der Waals surface area contributed by atoms with Crippen LogP contribution in [0.1, 0.15) is 56.7 Å². The highest BCUT2D eigenvalue weighted by Crippen LogP contribution is 2.33. The normalized spacial score (nSPS) is 26.1. The van der Waals surface area contributed by atoms with E-state index in [1.165, 1.54) is 6.42 Å². The highest BCUT2D eigenvalue weighted by atomic mass is 35.5. The SMILES string of the molecule is Cl.NC1(c2nc(CC3CCCO3)no2)CCCCC1. The van der Waals surface area contributed by atoms with Crippen molar-refractivity contribution in [3.8, 4) is 0 Å². The first-order chi connectivity index (χ1) is 8.76. The molecule has 1 saturated heterocycles. The third-order valence-corrected chi connectivity index (χ3v) is 4.07. The highest BCUT2D eigenvalue weighted by Gasteiger charge is 2.35. The van der Waals surface area contributed by atoms with Crippen molar-refractivity contribution in [2.45, 2.75) is 63.0 Å². The van der Waals surface area contributed by atoms with Gasteiger partial charge in [-0.3, -0.25) is 0 Å². The van der Waals surface area contributed by atoms with E-state index in [1.54, 1.807) is 0 Å². The molecule has 0 radical (unpaired) electrons. The van der Waals surface area contributed by atoms with Gasteiger partial charge >= 0.3 is 0 Å². The van der Waals surface area contributed by atoms with Crippen LogP contribution in [0.3, 0.4) is 0 Å². The first kappa shape index (κ1) is 14.8. The molecule has 5 nitrogen and oxygen atoms in total. The summed E-state index contributed by atoms with van der Waals surface area (Å²) in [5, 5.41) is 4.05. The maximum Gasteiger partial charge on any atom is 0.246 e. The largest absolute Gasteiger partial charge is 0.378 e. The van der Waals surface area contributed by atoms with E-state index in [0.29, 0.717) is 5.89 Å². The first-order valence-corrected chi connectivity index (χ1v) is 7.00. The van der Waals surface area contributed by atoms with E-state index in [9.17, 15) is 0 Å². The molecule has 0 spiro atoms. The van der Waals surface area contributed by atoms with Crippen LogP contribution in [0.2, 0.25) is 0 Å². The Labute approximate surface area is 119 Å². The zero-order chi connectivity index (χ0) is 12.4. The van der Waals surface area contributed by atoms with Crippen molar-refractivity contribution in [1.82, 2.24) is 10.1 Å². The van der Waals surface area contributed by atoms with Gasteiger partial charge in [-0.15, -0.1) is 12.4 Å². The van der Waals surface area contributed by atoms with Crippen molar-refractivity contribution >= 4 is 12.4 Å². The Morgan fingerprint density at radius 3 is 2.68 bits per heavy atom. The van der Waals surface area contributed by atoms with Gasteiger partial charge in [0.1, 0.15) is 0 Å². The average Bonchev–Trinajstić information content (AvgIpc) is 3.02. The number of ether oxygens (including phenoxy) is 1. The van der Waals surface area contributed by atoms with E-state index in [2.05, 4.69) is 10.1 Å². The van der Waals surface area contributed by atoms with Gasteiger partial charge in [0.2, 0.25) is 5.89 Å². The van der Waals surface area contributed by atoms with Crippen molar-refractivity contribution < 1.29 is 9.26 Å². The Balaban J connectivity index is 0.00000133. The van der Waals surface area contributed by atoms with E-state index >= 15 is 0 Å². The fraction of sp³-hybridized carbons (Fsp3) is 0.846. The second-order valence-electron chi connectivity index (χ2n) is 5.57. The molecule has 2 aliphatic rings. The van der Waals surface area contributed by atoms with Crippen molar-refractivity contribution in [2.75, 3.05) is 6.61 Å². The molecule has 2 fully saturated rings.